The maximum atomic E-state index is 13.7. The Bertz CT molecular complexity index is 915. The molecule has 2 aromatic carbocycles. The van der Waals surface area contributed by atoms with Gasteiger partial charge in [-0.05, 0) is 48.4 Å². The van der Waals surface area contributed by atoms with Crippen molar-refractivity contribution < 1.29 is 23.0 Å². The van der Waals surface area contributed by atoms with Gasteiger partial charge in [-0.2, -0.15) is 18.3 Å². The van der Waals surface area contributed by atoms with E-state index in [1.54, 1.807) is 31.2 Å². The van der Waals surface area contributed by atoms with Crippen LogP contribution in [0.4, 0.5) is 13.2 Å². The Morgan fingerprint density at radius 2 is 1.82 bits per heavy atom. The third-order valence-electron chi connectivity index (χ3n) is 4.29. The lowest BCUT2D eigenvalue weighted by molar-refractivity contribution is -0.138. The van der Waals surface area contributed by atoms with Crippen molar-refractivity contribution in [3.8, 4) is 11.5 Å². The van der Waals surface area contributed by atoms with Gasteiger partial charge < -0.3 is 9.84 Å². The van der Waals surface area contributed by atoms with Crippen molar-refractivity contribution in [2.45, 2.75) is 31.7 Å². The Labute approximate surface area is 164 Å². The summed E-state index contributed by atoms with van der Waals surface area (Å²) in [5.41, 5.74) is -0.911. The molecular weight excluding hydrogens is 395 g/mol. The number of alkyl halides is 3. The zero-order valence-corrected chi connectivity index (χ0v) is 15.5. The van der Waals surface area contributed by atoms with E-state index in [1.165, 1.54) is 24.8 Å². The maximum absolute atomic E-state index is 13.7. The monoisotopic (exact) mass is 411 g/mol. The van der Waals surface area contributed by atoms with Gasteiger partial charge in [0, 0.05) is 10.9 Å². The number of aliphatic hydroxyl groups is 1. The highest BCUT2D eigenvalue weighted by atomic mass is 35.5. The molecule has 1 heterocycles. The van der Waals surface area contributed by atoms with Crippen LogP contribution in [0.1, 0.15) is 36.6 Å². The second-order valence-corrected chi connectivity index (χ2v) is 6.54. The van der Waals surface area contributed by atoms with E-state index in [2.05, 4.69) is 10.1 Å². The van der Waals surface area contributed by atoms with Gasteiger partial charge in [-0.3, -0.25) is 0 Å². The number of hydrogen-bond acceptors (Lipinski definition) is 4. The lowest BCUT2D eigenvalue weighted by atomic mass is 9.90. The predicted octanol–water partition coefficient (Wildman–Crippen LogP) is 5.43. The number of halogens is 4. The van der Waals surface area contributed by atoms with Crippen LogP contribution < -0.4 is 4.74 Å². The summed E-state index contributed by atoms with van der Waals surface area (Å²) in [4.78, 5) is 3.73. The molecule has 0 saturated heterocycles. The van der Waals surface area contributed by atoms with Crippen molar-refractivity contribution in [1.82, 2.24) is 14.8 Å². The first-order chi connectivity index (χ1) is 13.3. The number of aliphatic hydroxyl groups excluding tert-OH is 1. The van der Waals surface area contributed by atoms with Crippen LogP contribution in [0.3, 0.4) is 0 Å². The first kappa shape index (κ1) is 20.2. The molecule has 2 unspecified atom stereocenters. The largest absolute Gasteiger partial charge is 0.457 e. The fourth-order valence-corrected chi connectivity index (χ4v) is 3.06. The molecule has 0 saturated carbocycles. The first-order valence-electron chi connectivity index (χ1n) is 8.46. The Balaban J connectivity index is 1.97. The average Bonchev–Trinajstić information content (AvgIpc) is 3.19. The summed E-state index contributed by atoms with van der Waals surface area (Å²) in [6.45, 7) is 1.70. The fourth-order valence-electron chi connectivity index (χ4n) is 2.94. The molecule has 28 heavy (non-hydrogen) atoms. The highest BCUT2D eigenvalue weighted by molar-refractivity contribution is 6.30. The summed E-state index contributed by atoms with van der Waals surface area (Å²) in [7, 11) is 0. The van der Waals surface area contributed by atoms with Gasteiger partial charge in [0.1, 0.15) is 24.2 Å². The minimum absolute atomic E-state index is 0.0310. The Hall–Kier alpha value is -2.58. The fraction of sp³-hybridized carbons (Fsp3) is 0.263. The third kappa shape index (κ3) is 4.45. The zero-order chi connectivity index (χ0) is 20.3. The first-order valence-corrected chi connectivity index (χ1v) is 8.84. The third-order valence-corrected chi connectivity index (χ3v) is 4.54. The molecule has 0 aliphatic rings. The lowest BCUT2D eigenvalue weighted by Crippen LogP contribution is -2.21. The maximum Gasteiger partial charge on any atom is 0.416 e. The van der Waals surface area contributed by atoms with Crippen molar-refractivity contribution in [3.63, 3.8) is 0 Å². The van der Waals surface area contributed by atoms with Crippen LogP contribution in [0.5, 0.6) is 11.5 Å². The molecule has 2 atom stereocenters. The van der Waals surface area contributed by atoms with Gasteiger partial charge in [0.15, 0.2) is 6.23 Å². The molecular formula is C19H17ClF3N3O2. The Morgan fingerprint density at radius 3 is 2.39 bits per heavy atom. The lowest BCUT2D eigenvalue weighted by Gasteiger charge is -2.25. The standard InChI is InChI=1S/C19H17ClF3N3O2/c1-2-15(18(27)26-11-24-10-25-26)16-8-7-14(9-17(16)19(21,22)23)28-13-5-3-12(20)4-6-13/h3-11,15,18,27H,2H2,1H3. The van der Waals surface area contributed by atoms with Gasteiger partial charge in [-0.1, -0.05) is 24.6 Å². The number of nitrogens with zero attached hydrogens (tertiary/aromatic N) is 3. The molecule has 0 aliphatic heterocycles. The summed E-state index contributed by atoms with van der Waals surface area (Å²) in [5.74, 6) is -0.439. The summed E-state index contributed by atoms with van der Waals surface area (Å²) in [6.07, 6.45) is -3.16. The topological polar surface area (TPSA) is 60.2 Å². The van der Waals surface area contributed by atoms with Crippen LogP contribution in [-0.2, 0) is 6.18 Å². The molecule has 0 aliphatic carbocycles. The van der Waals surface area contributed by atoms with E-state index in [9.17, 15) is 18.3 Å². The molecule has 0 radical (unpaired) electrons. The quantitative estimate of drug-likeness (QED) is 0.587. The molecule has 0 bridgehead atoms. The highest BCUT2D eigenvalue weighted by Gasteiger charge is 2.37. The molecule has 3 aromatic rings. The average molecular weight is 412 g/mol. The second kappa shape index (κ2) is 8.20. The minimum Gasteiger partial charge on any atom is -0.457 e. The van der Waals surface area contributed by atoms with E-state index in [0.717, 1.165) is 10.7 Å². The van der Waals surface area contributed by atoms with E-state index >= 15 is 0 Å². The van der Waals surface area contributed by atoms with Crippen molar-refractivity contribution >= 4 is 11.6 Å². The van der Waals surface area contributed by atoms with Crippen LogP contribution in [0.15, 0.2) is 55.1 Å². The van der Waals surface area contributed by atoms with Gasteiger partial charge >= 0.3 is 6.18 Å². The van der Waals surface area contributed by atoms with Crippen molar-refractivity contribution in [2.24, 2.45) is 0 Å². The second-order valence-electron chi connectivity index (χ2n) is 6.11. The number of rotatable bonds is 6. The Kier molecular flexibility index (Phi) is 5.90. The smallest absolute Gasteiger partial charge is 0.416 e. The summed E-state index contributed by atoms with van der Waals surface area (Å²) < 4.78 is 47.9. The van der Waals surface area contributed by atoms with Gasteiger partial charge in [-0.15, -0.1) is 0 Å². The van der Waals surface area contributed by atoms with Crippen LogP contribution in [0.2, 0.25) is 5.02 Å². The SMILES string of the molecule is CCC(c1ccc(Oc2ccc(Cl)cc2)cc1C(F)(F)F)C(O)n1cncn1. The molecule has 148 valence electrons. The number of benzene rings is 2. The normalized spacial score (nSPS) is 13.9. The molecule has 9 heteroatoms. The highest BCUT2D eigenvalue weighted by Crippen LogP contribution is 2.41. The molecule has 0 spiro atoms. The van der Waals surface area contributed by atoms with Crippen molar-refractivity contribution in [3.05, 3.63) is 71.3 Å². The summed E-state index contributed by atoms with van der Waals surface area (Å²) in [5, 5.41) is 14.8. The molecule has 5 nitrogen and oxygen atoms in total. The van der Waals surface area contributed by atoms with E-state index in [4.69, 9.17) is 16.3 Å². The molecule has 0 fully saturated rings. The predicted molar refractivity (Wildman–Crippen MR) is 97.3 cm³/mol. The van der Waals surface area contributed by atoms with E-state index in [1.807, 2.05) is 0 Å². The van der Waals surface area contributed by atoms with Gasteiger partial charge in [0.05, 0.1) is 5.56 Å². The molecule has 0 amide bonds. The van der Waals surface area contributed by atoms with E-state index in [0.29, 0.717) is 10.8 Å². The van der Waals surface area contributed by atoms with E-state index < -0.39 is 23.9 Å². The zero-order valence-electron chi connectivity index (χ0n) is 14.8. The molecule has 1 aromatic heterocycles. The Morgan fingerprint density at radius 1 is 1.14 bits per heavy atom. The number of ether oxygens (including phenoxy) is 1. The number of aromatic nitrogens is 3. The van der Waals surface area contributed by atoms with Crippen LogP contribution in [-0.4, -0.2) is 19.9 Å². The molecule has 1 N–H and O–H groups in total. The number of hydrogen-bond donors (Lipinski definition) is 1. The van der Waals surface area contributed by atoms with Crippen LogP contribution in [0.25, 0.3) is 0 Å². The van der Waals surface area contributed by atoms with Crippen molar-refractivity contribution in [2.75, 3.05) is 0 Å². The van der Waals surface area contributed by atoms with Gasteiger partial charge in [0.25, 0.3) is 0 Å². The minimum atomic E-state index is -4.62. The molecule has 3 rings (SSSR count). The van der Waals surface area contributed by atoms with E-state index in [-0.39, 0.29) is 17.7 Å². The van der Waals surface area contributed by atoms with Crippen LogP contribution >= 0.6 is 11.6 Å². The van der Waals surface area contributed by atoms with Crippen molar-refractivity contribution in [1.29, 1.82) is 0 Å². The summed E-state index contributed by atoms with van der Waals surface area (Å²) >= 11 is 5.80. The summed E-state index contributed by atoms with van der Waals surface area (Å²) in [6, 6.07) is 9.98. The van der Waals surface area contributed by atoms with Gasteiger partial charge in [0.2, 0.25) is 0 Å². The van der Waals surface area contributed by atoms with Crippen LogP contribution in [0, 0.1) is 0 Å². The van der Waals surface area contributed by atoms with Gasteiger partial charge in [-0.25, -0.2) is 9.67 Å².